The Balaban J connectivity index is 1.56. The maximum absolute atomic E-state index is 12.8. The first-order chi connectivity index (χ1) is 20.0. The van der Waals surface area contributed by atoms with Crippen molar-refractivity contribution in [2.75, 3.05) is 13.1 Å². The number of nitrogens with one attached hydrogen (secondary N) is 3. The number of nitrogens with zero attached hydrogens (tertiary/aromatic N) is 3. The fourth-order valence-electron chi connectivity index (χ4n) is 4.21. The number of carbonyl (C=O) groups is 4. The third kappa shape index (κ3) is 10.0. The predicted octanol–water partition coefficient (Wildman–Crippen LogP) is 0.858. The second-order valence-electron chi connectivity index (χ2n) is 10.4. The molecule has 1 heterocycles. The summed E-state index contributed by atoms with van der Waals surface area (Å²) < 4.78 is 1.29. The second kappa shape index (κ2) is 15.3. The van der Waals surface area contributed by atoms with Crippen LogP contribution in [-0.2, 0) is 32.0 Å². The van der Waals surface area contributed by atoms with Crippen LogP contribution >= 0.6 is 0 Å². The Hall–Kier alpha value is -4.78. The Morgan fingerprint density at radius 2 is 1.55 bits per heavy atom. The average Bonchev–Trinajstić information content (AvgIpc) is 3.44. The lowest BCUT2D eigenvalue weighted by Gasteiger charge is -2.18. The summed E-state index contributed by atoms with van der Waals surface area (Å²) >= 11 is 0. The van der Waals surface area contributed by atoms with Gasteiger partial charge in [0.15, 0.2) is 6.04 Å². The van der Waals surface area contributed by atoms with Crippen molar-refractivity contribution in [2.45, 2.75) is 51.2 Å². The van der Waals surface area contributed by atoms with Crippen LogP contribution in [0.3, 0.4) is 0 Å². The predicted molar refractivity (Wildman–Crippen MR) is 153 cm³/mol. The molecule has 3 atom stereocenters. The highest BCUT2D eigenvalue weighted by molar-refractivity contribution is 5.89. The summed E-state index contributed by atoms with van der Waals surface area (Å²) in [5, 5.41) is 34.9. The van der Waals surface area contributed by atoms with E-state index in [-0.39, 0.29) is 31.2 Å². The number of aromatic hydroxyl groups is 1. The van der Waals surface area contributed by atoms with E-state index in [4.69, 9.17) is 5.73 Å². The summed E-state index contributed by atoms with van der Waals surface area (Å²) in [5.74, 6) is -2.44. The molecule has 0 aliphatic carbocycles. The van der Waals surface area contributed by atoms with Crippen LogP contribution < -0.4 is 21.7 Å². The number of carbonyl (C=O) groups excluding carboxylic acids is 3. The lowest BCUT2D eigenvalue weighted by atomic mass is 10.0. The Labute approximate surface area is 243 Å². The largest absolute Gasteiger partial charge is 0.508 e. The lowest BCUT2D eigenvalue weighted by Crippen LogP contribution is -2.47. The minimum atomic E-state index is -1.03. The molecule has 0 spiro atoms. The van der Waals surface area contributed by atoms with Crippen LogP contribution in [0.1, 0.15) is 49.2 Å². The molecule has 3 amide bonds. The second-order valence-corrected chi connectivity index (χ2v) is 10.4. The number of amides is 3. The summed E-state index contributed by atoms with van der Waals surface area (Å²) in [6.45, 7) is 3.10. The van der Waals surface area contributed by atoms with Gasteiger partial charge in [-0.05, 0) is 48.4 Å². The monoisotopic (exact) mass is 579 g/mol. The molecule has 0 aliphatic heterocycles. The molecule has 0 fully saturated rings. The van der Waals surface area contributed by atoms with Crippen molar-refractivity contribution in [1.29, 1.82) is 0 Å². The highest BCUT2D eigenvalue weighted by atomic mass is 16.4. The van der Waals surface area contributed by atoms with Crippen LogP contribution in [0, 0.1) is 5.92 Å². The van der Waals surface area contributed by atoms with E-state index in [1.165, 1.54) is 23.0 Å². The van der Waals surface area contributed by atoms with Crippen molar-refractivity contribution in [3.05, 3.63) is 77.6 Å². The molecule has 0 unspecified atom stereocenters. The fraction of sp³-hybridized carbons (Fsp3) is 0.379. The summed E-state index contributed by atoms with van der Waals surface area (Å²) in [7, 11) is 0. The fourth-order valence-corrected chi connectivity index (χ4v) is 4.21. The van der Waals surface area contributed by atoms with Gasteiger partial charge in [0.2, 0.25) is 17.7 Å². The van der Waals surface area contributed by atoms with Crippen molar-refractivity contribution in [3.8, 4) is 5.75 Å². The van der Waals surface area contributed by atoms with E-state index in [9.17, 15) is 29.4 Å². The lowest BCUT2D eigenvalue weighted by molar-refractivity contribution is -0.141. The number of aliphatic carboxylic acids is 1. The molecule has 3 rings (SSSR count). The molecular weight excluding hydrogens is 542 g/mol. The first-order valence-electron chi connectivity index (χ1n) is 13.6. The van der Waals surface area contributed by atoms with Crippen molar-refractivity contribution in [2.24, 2.45) is 11.7 Å². The molecule has 13 nitrogen and oxygen atoms in total. The number of hydrogen-bond donors (Lipinski definition) is 6. The standard InChI is InChI=1S/C29H37N7O6/c1-18(2)12-25(29(41)42)36-17-24(34-35-36)23(14-19-6-4-3-5-7-19)33-27(39)16-31-26(38)15-32-28(40)22(30)13-20-8-10-21(37)11-9-20/h3-11,17-18,22-23,25,37H,12-16,30H2,1-2H3,(H,31,38)(H,32,40)(H,33,39)(H,41,42)/t22-,23-,25-/m0/s1. The van der Waals surface area contributed by atoms with E-state index < -0.39 is 41.8 Å². The zero-order valence-corrected chi connectivity index (χ0v) is 23.6. The number of hydrogen-bond acceptors (Lipinski definition) is 8. The zero-order valence-electron chi connectivity index (χ0n) is 23.6. The van der Waals surface area contributed by atoms with Gasteiger partial charge < -0.3 is 31.9 Å². The van der Waals surface area contributed by atoms with Crippen LogP contribution in [-0.4, -0.2) is 68.0 Å². The SMILES string of the molecule is CC(C)C[C@@H](C(=O)O)n1cc([C@H](Cc2ccccc2)NC(=O)CNC(=O)CNC(=O)[C@@H](N)Cc2ccc(O)cc2)nn1. The first kappa shape index (κ1) is 31.7. The van der Waals surface area contributed by atoms with E-state index >= 15 is 0 Å². The number of rotatable bonds is 15. The summed E-state index contributed by atoms with van der Waals surface area (Å²) in [6, 6.07) is 13.2. The molecule has 0 radical (unpaired) electrons. The number of carboxylic acid groups (broad SMARTS) is 1. The third-order valence-corrected chi connectivity index (χ3v) is 6.40. The van der Waals surface area contributed by atoms with Crippen molar-refractivity contribution < 1.29 is 29.4 Å². The highest BCUT2D eigenvalue weighted by Gasteiger charge is 2.25. The Kier molecular flexibility index (Phi) is 11.6. The maximum atomic E-state index is 12.8. The molecular formula is C29H37N7O6. The van der Waals surface area contributed by atoms with Crippen LogP contribution in [0.25, 0.3) is 0 Å². The summed E-state index contributed by atoms with van der Waals surface area (Å²) in [5.41, 5.74) is 7.95. The van der Waals surface area contributed by atoms with Gasteiger partial charge in [-0.2, -0.15) is 0 Å². The number of benzene rings is 2. The van der Waals surface area contributed by atoms with E-state index in [0.717, 1.165) is 11.1 Å². The Bertz CT molecular complexity index is 1340. The molecule has 2 aromatic carbocycles. The topological polar surface area (TPSA) is 202 Å². The number of phenols is 1. The smallest absolute Gasteiger partial charge is 0.328 e. The van der Waals surface area contributed by atoms with Crippen LogP contribution in [0.5, 0.6) is 5.75 Å². The molecule has 7 N–H and O–H groups in total. The minimum Gasteiger partial charge on any atom is -0.508 e. The molecule has 42 heavy (non-hydrogen) atoms. The Morgan fingerprint density at radius 3 is 2.19 bits per heavy atom. The van der Waals surface area contributed by atoms with Crippen molar-refractivity contribution >= 4 is 23.7 Å². The van der Waals surface area contributed by atoms with Gasteiger partial charge in [-0.25, -0.2) is 9.48 Å². The van der Waals surface area contributed by atoms with Gasteiger partial charge in [0.25, 0.3) is 0 Å². The minimum absolute atomic E-state index is 0.101. The third-order valence-electron chi connectivity index (χ3n) is 6.40. The molecule has 13 heteroatoms. The number of nitrogens with two attached hydrogens (primary N) is 1. The van der Waals surface area contributed by atoms with Crippen LogP contribution in [0.4, 0.5) is 0 Å². The molecule has 3 aromatic rings. The van der Waals surface area contributed by atoms with Crippen molar-refractivity contribution in [3.63, 3.8) is 0 Å². The molecule has 0 saturated carbocycles. The van der Waals surface area contributed by atoms with Gasteiger partial charge in [0.05, 0.1) is 31.4 Å². The van der Waals surface area contributed by atoms with Crippen LogP contribution in [0.15, 0.2) is 60.8 Å². The summed E-state index contributed by atoms with van der Waals surface area (Å²) in [4.78, 5) is 49.2. The average molecular weight is 580 g/mol. The molecule has 0 aliphatic rings. The maximum Gasteiger partial charge on any atom is 0.328 e. The number of carboxylic acids is 1. The van der Waals surface area contributed by atoms with E-state index in [2.05, 4.69) is 26.3 Å². The van der Waals surface area contributed by atoms with Gasteiger partial charge >= 0.3 is 5.97 Å². The van der Waals surface area contributed by atoms with Crippen LogP contribution in [0.2, 0.25) is 0 Å². The van der Waals surface area contributed by atoms with Gasteiger partial charge in [-0.3, -0.25) is 14.4 Å². The molecule has 0 saturated heterocycles. The molecule has 0 bridgehead atoms. The van der Waals surface area contributed by atoms with Gasteiger partial charge in [0, 0.05) is 0 Å². The van der Waals surface area contributed by atoms with E-state index in [1.54, 1.807) is 12.1 Å². The molecule has 1 aromatic heterocycles. The molecule has 224 valence electrons. The Morgan fingerprint density at radius 1 is 0.905 bits per heavy atom. The normalized spacial score (nSPS) is 13.1. The van der Waals surface area contributed by atoms with Crippen molar-refractivity contribution in [1.82, 2.24) is 30.9 Å². The first-order valence-corrected chi connectivity index (χ1v) is 13.6. The zero-order chi connectivity index (χ0) is 30.6. The summed E-state index contributed by atoms with van der Waals surface area (Å²) in [6.07, 6.45) is 2.45. The van der Waals surface area contributed by atoms with E-state index in [1.807, 2.05) is 44.2 Å². The van der Waals surface area contributed by atoms with E-state index in [0.29, 0.717) is 18.5 Å². The number of aromatic nitrogens is 3. The quantitative estimate of drug-likeness (QED) is 0.151. The van der Waals surface area contributed by atoms with Gasteiger partial charge in [0.1, 0.15) is 11.4 Å². The number of phenolic OH excluding ortho intramolecular Hbond substituents is 1. The van der Waals surface area contributed by atoms with Gasteiger partial charge in [-0.1, -0.05) is 61.5 Å². The highest BCUT2D eigenvalue weighted by Crippen LogP contribution is 2.21. The van der Waals surface area contributed by atoms with Gasteiger partial charge in [-0.15, -0.1) is 5.10 Å².